The Morgan fingerprint density at radius 3 is 2.52 bits per heavy atom. The zero-order valence-corrected chi connectivity index (χ0v) is 12.8. The van der Waals surface area contributed by atoms with E-state index in [2.05, 4.69) is 24.5 Å². The minimum absolute atomic E-state index is 0.0750. The van der Waals surface area contributed by atoms with Gasteiger partial charge in [-0.05, 0) is 43.9 Å². The quantitative estimate of drug-likeness (QED) is 0.811. The third kappa shape index (κ3) is 6.88. The molecule has 0 aliphatic carbocycles. The van der Waals surface area contributed by atoms with Gasteiger partial charge in [-0.25, -0.2) is 4.39 Å². The van der Waals surface area contributed by atoms with Gasteiger partial charge in [-0.1, -0.05) is 19.9 Å². The molecule has 2 N–H and O–H groups in total. The fraction of sp³-hybridized carbons (Fsp3) is 0.500. The molecule has 1 aromatic carbocycles. The van der Waals surface area contributed by atoms with Crippen LogP contribution in [0, 0.1) is 11.7 Å². The van der Waals surface area contributed by atoms with Crippen LogP contribution in [0.1, 0.15) is 44.0 Å². The van der Waals surface area contributed by atoms with Crippen molar-refractivity contribution in [1.82, 2.24) is 10.6 Å². The van der Waals surface area contributed by atoms with Crippen molar-refractivity contribution in [3.8, 4) is 0 Å². The lowest BCUT2D eigenvalue weighted by Gasteiger charge is -2.15. The molecule has 1 atom stereocenters. The molecule has 0 aliphatic heterocycles. The van der Waals surface area contributed by atoms with E-state index in [-0.39, 0.29) is 24.1 Å². The Morgan fingerprint density at radius 1 is 1.19 bits per heavy atom. The molecule has 0 bridgehead atoms. The van der Waals surface area contributed by atoms with E-state index in [1.807, 2.05) is 6.92 Å². The molecule has 0 saturated heterocycles. The summed E-state index contributed by atoms with van der Waals surface area (Å²) >= 11 is 0. The van der Waals surface area contributed by atoms with Crippen LogP contribution in [0.4, 0.5) is 4.39 Å². The van der Waals surface area contributed by atoms with Crippen LogP contribution in [-0.4, -0.2) is 24.4 Å². The molecule has 1 rings (SSSR count). The van der Waals surface area contributed by atoms with E-state index in [0.717, 1.165) is 18.9 Å². The SMILES string of the molecule is CC(C)CCC(C)NC(=O)CNC(=O)c1cccc(F)c1. The fourth-order valence-corrected chi connectivity index (χ4v) is 1.87. The van der Waals surface area contributed by atoms with E-state index in [9.17, 15) is 14.0 Å². The summed E-state index contributed by atoms with van der Waals surface area (Å²) in [6.45, 7) is 6.09. The molecule has 5 heteroatoms. The van der Waals surface area contributed by atoms with Crippen molar-refractivity contribution in [2.24, 2.45) is 5.92 Å². The van der Waals surface area contributed by atoms with Crippen LogP contribution in [-0.2, 0) is 4.79 Å². The summed E-state index contributed by atoms with van der Waals surface area (Å²) in [4.78, 5) is 23.4. The van der Waals surface area contributed by atoms with Gasteiger partial charge in [0.25, 0.3) is 5.91 Å². The van der Waals surface area contributed by atoms with Crippen molar-refractivity contribution in [2.45, 2.75) is 39.7 Å². The Kier molecular flexibility index (Phi) is 6.85. The summed E-state index contributed by atoms with van der Waals surface area (Å²) in [6.07, 6.45) is 1.94. The van der Waals surface area contributed by atoms with Crippen molar-refractivity contribution in [2.75, 3.05) is 6.54 Å². The third-order valence-electron chi connectivity index (χ3n) is 3.08. The van der Waals surface area contributed by atoms with E-state index in [1.54, 1.807) is 0 Å². The maximum atomic E-state index is 13.0. The third-order valence-corrected chi connectivity index (χ3v) is 3.08. The summed E-state index contributed by atoms with van der Waals surface area (Å²) in [6, 6.07) is 5.43. The van der Waals surface area contributed by atoms with Crippen molar-refractivity contribution < 1.29 is 14.0 Å². The number of rotatable bonds is 7. The maximum absolute atomic E-state index is 13.0. The minimum Gasteiger partial charge on any atom is -0.352 e. The first kappa shape index (κ1) is 17.1. The number of hydrogen-bond donors (Lipinski definition) is 2. The summed E-state index contributed by atoms with van der Waals surface area (Å²) in [5.41, 5.74) is 0.204. The first-order valence-electron chi connectivity index (χ1n) is 7.21. The highest BCUT2D eigenvalue weighted by Gasteiger charge is 2.11. The standard InChI is InChI=1S/C16H23FN2O2/c1-11(2)7-8-12(3)19-15(20)10-18-16(21)13-5-4-6-14(17)9-13/h4-6,9,11-12H,7-8,10H2,1-3H3,(H,18,21)(H,19,20). The van der Waals surface area contributed by atoms with Crippen LogP contribution >= 0.6 is 0 Å². The summed E-state index contributed by atoms with van der Waals surface area (Å²) in [5, 5.41) is 5.30. The number of carbonyl (C=O) groups is 2. The van der Waals surface area contributed by atoms with Crippen LogP contribution in [0.5, 0.6) is 0 Å². The average molecular weight is 294 g/mol. The van der Waals surface area contributed by atoms with E-state index >= 15 is 0 Å². The highest BCUT2D eigenvalue weighted by atomic mass is 19.1. The number of halogens is 1. The second-order valence-corrected chi connectivity index (χ2v) is 5.63. The average Bonchev–Trinajstić information content (AvgIpc) is 2.42. The zero-order chi connectivity index (χ0) is 15.8. The van der Waals surface area contributed by atoms with Crippen LogP contribution in [0.15, 0.2) is 24.3 Å². The molecule has 0 saturated carbocycles. The molecule has 1 unspecified atom stereocenters. The molecule has 0 radical (unpaired) electrons. The second-order valence-electron chi connectivity index (χ2n) is 5.63. The lowest BCUT2D eigenvalue weighted by molar-refractivity contribution is -0.120. The van der Waals surface area contributed by atoms with Gasteiger partial charge in [-0.15, -0.1) is 0 Å². The molecule has 2 amide bonds. The summed E-state index contributed by atoms with van der Waals surface area (Å²) in [5.74, 6) is -0.582. The van der Waals surface area contributed by atoms with E-state index in [1.165, 1.54) is 18.2 Å². The molecular weight excluding hydrogens is 271 g/mol. The van der Waals surface area contributed by atoms with Crippen LogP contribution < -0.4 is 10.6 Å². The van der Waals surface area contributed by atoms with Crippen molar-refractivity contribution in [1.29, 1.82) is 0 Å². The highest BCUT2D eigenvalue weighted by Crippen LogP contribution is 2.06. The van der Waals surface area contributed by atoms with Gasteiger partial charge in [0.2, 0.25) is 5.91 Å². The number of benzene rings is 1. The lowest BCUT2D eigenvalue weighted by atomic mass is 10.0. The Hall–Kier alpha value is -1.91. The first-order valence-corrected chi connectivity index (χ1v) is 7.21. The van der Waals surface area contributed by atoms with E-state index in [0.29, 0.717) is 5.92 Å². The molecule has 116 valence electrons. The second kappa shape index (κ2) is 8.39. The Morgan fingerprint density at radius 2 is 1.90 bits per heavy atom. The molecule has 4 nitrogen and oxygen atoms in total. The van der Waals surface area contributed by atoms with E-state index in [4.69, 9.17) is 0 Å². The molecule has 0 aromatic heterocycles. The van der Waals surface area contributed by atoms with Gasteiger partial charge >= 0.3 is 0 Å². The molecular formula is C16H23FN2O2. The van der Waals surface area contributed by atoms with Gasteiger partial charge in [-0.2, -0.15) is 0 Å². The normalized spacial score (nSPS) is 12.0. The topological polar surface area (TPSA) is 58.2 Å². The number of carbonyl (C=O) groups excluding carboxylic acids is 2. The maximum Gasteiger partial charge on any atom is 0.251 e. The van der Waals surface area contributed by atoms with Crippen molar-refractivity contribution in [3.05, 3.63) is 35.6 Å². The Balaban J connectivity index is 2.34. The fourth-order valence-electron chi connectivity index (χ4n) is 1.87. The summed E-state index contributed by atoms with van der Waals surface area (Å²) < 4.78 is 13.0. The zero-order valence-electron chi connectivity index (χ0n) is 12.8. The van der Waals surface area contributed by atoms with Gasteiger partial charge in [-0.3, -0.25) is 9.59 Å². The minimum atomic E-state index is -0.477. The predicted molar refractivity (Wildman–Crippen MR) is 80.4 cm³/mol. The largest absolute Gasteiger partial charge is 0.352 e. The number of nitrogens with one attached hydrogen (secondary N) is 2. The van der Waals surface area contributed by atoms with Gasteiger partial charge in [0.15, 0.2) is 0 Å². The summed E-state index contributed by atoms with van der Waals surface area (Å²) in [7, 11) is 0. The Bertz CT molecular complexity index is 489. The molecule has 0 fully saturated rings. The smallest absolute Gasteiger partial charge is 0.251 e. The molecule has 0 aliphatic rings. The van der Waals surface area contributed by atoms with Gasteiger partial charge in [0, 0.05) is 11.6 Å². The first-order chi connectivity index (χ1) is 9.88. The van der Waals surface area contributed by atoms with Crippen LogP contribution in [0.25, 0.3) is 0 Å². The van der Waals surface area contributed by atoms with Crippen LogP contribution in [0.3, 0.4) is 0 Å². The van der Waals surface area contributed by atoms with Gasteiger partial charge < -0.3 is 10.6 Å². The van der Waals surface area contributed by atoms with Crippen molar-refractivity contribution in [3.63, 3.8) is 0 Å². The van der Waals surface area contributed by atoms with Crippen LogP contribution in [0.2, 0.25) is 0 Å². The van der Waals surface area contributed by atoms with E-state index < -0.39 is 11.7 Å². The number of hydrogen-bond acceptors (Lipinski definition) is 2. The number of amides is 2. The van der Waals surface area contributed by atoms with Gasteiger partial charge in [0.1, 0.15) is 5.82 Å². The molecule has 0 spiro atoms. The molecule has 0 heterocycles. The van der Waals surface area contributed by atoms with Gasteiger partial charge in [0.05, 0.1) is 6.54 Å². The highest BCUT2D eigenvalue weighted by molar-refractivity contribution is 5.96. The van der Waals surface area contributed by atoms with Crippen molar-refractivity contribution >= 4 is 11.8 Å². The lowest BCUT2D eigenvalue weighted by Crippen LogP contribution is -2.41. The molecule has 21 heavy (non-hydrogen) atoms. The molecule has 1 aromatic rings. The monoisotopic (exact) mass is 294 g/mol. The predicted octanol–water partition coefficient (Wildman–Crippen LogP) is 2.50. The Labute approximate surface area is 125 Å².